The highest BCUT2D eigenvalue weighted by Gasteiger charge is 2.22. The molecule has 0 radical (unpaired) electrons. The highest BCUT2D eigenvalue weighted by Crippen LogP contribution is 2.30. The number of aryl methyl sites for hydroxylation is 4. The third kappa shape index (κ3) is 7.59. The van der Waals surface area contributed by atoms with E-state index in [2.05, 4.69) is 193 Å². The largest absolute Gasteiger partial charge is 0.457 e. The maximum Gasteiger partial charge on any atom is 0.144 e. The highest BCUT2D eigenvalue weighted by molar-refractivity contribution is 7.10. The van der Waals surface area contributed by atoms with Gasteiger partial charge in [0.1, 0.15) is 34.6 Å². The van der Waals surface area contributed by atoms with Crippen LogP contribution in [0.5, 0.6) is 23.0 Å². The molecule has 295 valence electrons. The Bertz CT molecular complexity index is 2720. The molecule has 0 atom stereocenters. The summed E-state index contributed by atoms with van der Waals surface area (Å²) in [6, 6.07) is 57.3. The lowest BCUT2D eigenvalue weighted by molar-refractivity contribution is 0.482. The van der Waals surface area contributed by atoms with Gasteiger partial charge in [-0.1, -0.05) is 98.1 Å². The molecule has 0 fully saturated rings. The van der Waals surface area contributed by atoms with Crippen molar-refractivity contribution in [1.82, 2.24) is 19.1 Å². The summed E-state index contributed by atoms with van der Waals surface area (Å²) in [5, 5.41) is 3.91. The Hall–Kier alpha value is -7.22. The maximum absolute atomic E-state index is 6.38. The summed E-state index contributed by atoms with van der Waals surface area (Å²) in [6.07, 6.45) is 7.72. The summed E-state index contributed by atoms with van der Waals surface area (Å²) in [4.78, 5) is 9.38. The first-order valence-corrected chi connectivity index (χ1v) is 22.8. The normalized spacial score (nSPS) is 11.4. The first-order valence-electron chi connectivity index (χ1n) is 20.3. The molecule has 0 N–H and O–H groups in total. The fraction of sp³-hybridized carbons (Fsp3) is 0.0943. The third-order valence-electron chi connectivity index (χ3n) is 11.4. The third-order valence-corrected chi connectivity index (χ3v) is 15.9. The van der Waals surface area contributed by atoms with E-state index >= 15 is 0 Å². The zero-order valence-electron chi connectivity index (χ0n) is 34.5. The molecule has 9 aromatic rings. The van der Waals surface area contributed by atoms with Gasteiger partial charge < -0.3 is 9.47 Å². The predicted molar refractivity (Wildman–Crippen MR) is 247 cm³/mol. The molecular formula is C53H46N4O2Si-. The molecule has 2 aromatic heterocycles. The van der Waals surface area contributed by atoms with Crippen LogP contribution in [-0.2, 0) is 0 Å². The van der Waals surface area contributed by atoms with Gasteiger partial charge in [0.15, 0.2) is 0 Å². The molecule has 0 aliphatic rings. The van der Waals surface area contributed by atoms with Gasteiger partial charge >= 0.3 is 0 Å². The Labute approximate surface area is 353 Å². The van der Waals surface area contributed by atoms with Gasteiger partial charge in [0, 0.05) is 47.3 Å². The standard InChI is InChI=1S/C53H46N4O2Si/c1-37-11-29-50(39(3)35-37)56-33-31-54-52(56)41-13-17-43(18-14-41)58-45-21-25-48(26-22-45)60(5,47-9-7-6-8-10-47)49-27-23-46(24-28-49)59-44-19-15-42(16-20-44)53-55-32-34-57(53)51-30-12-38(2)36-40(51)4/h6-36H,1-5H3/q-1. The van der Waals surface area contributed by atoms with E-state index in [1.807, 2.05) is 49.1 Å². The van der Waals surface area contributed by atoms with Crippen molar-refractivity contribution in [3.05, 3.63) is 211 Å². The van der Waals surface area contributed by atoms with Crippen molar-refractivity contribution in [3.8, 4) is 57.1 Å². The van der Waals surface area contributed by atoms with Crippen molar-refractivity contribution >= 4 is 23.6 Å². The smallest absolute Gasteiger partial charge is 0.144 e. The molecule has 0 amide bonds. The second-order valence-electron chi connectivity index (χ2n) is 15.6. The minimum absolute atomic E-state index is 0.771. The van der Waals surface area contributed by atoms with Gasteiger partial charge in [-0.15, -0.1) is 0 Å². The van der Waals surface area contributed by atoms with Crippen LogP contribution >= 0.6 is 0 Å². The van der Waals surface area contributed by atoms with Gasteiger partial charge in [-0.3, -0.25) is 9.13 Å². The Kier molecular flexibility index (Phi) is 10.3. The van der Waals surface area contributed by atoms with Gasteiger partial charge in [0.2, 0.25) is 0 Å². The van der Waals surface area contributed by atoms with Crippen molar-refractivity contribution in [2.75, 3.05) is 0 Å². The highest BCUT2D eigenvalue weighted by atomic mass is 28.3. The van der Waals surface area contributed by atoms with E-state index in [9.17, 15) is 0 Å². The summed E-state index contributed by atoms with van der Waals surface area (Å²) >= 11 is 0. The second-order valence-corrected chi connectivity index (χ2v) is 19.6. The summed E-state index contributed by atoms with van der Waals surface area (Å²) in [5.41, 5.74) is 9.20. The first-order chi connectivity index (χ1) is 29.2. The Balaban J connectivity index is 0.911. The first kappa shape index (κ1) is 38.3. The fourth-order valence-electron chi connectivity index (χ4n) is 8.17. The van der Waals surface area contributed by atoms with E-state index in [1.54, 1.807) is 0 Å². The number of ether oxygens (including phenoxy) is 2. The molecule has 0 saturated heterocycles. The Morgan fingerprint density at radius 1 is 0.417 bits per heavy atom. The Morgan fingerprint density at radius 3 is 1.17 bits per heavy atom. The van der Waals surface area contributed by atoms with Crippen molar-refractivity contribution in [2.24, 2.45) is 0 Å². The number of benzene rings is 7. The molecule has 0 spiro atoms. The van der Waals surface area contributed by atoms with Crippen molar-refractivity contribution in [3.63, 3.8) is 0 Å². The van der Waals surface area contributed by atoms with E-state index in [0.29, 0.717) is 0 Å². The molecule has 0 saturated carbocycles. The fourth-order valence-corrected chi connectivity index (χ4v) is 11.7. The van der Waals surface area contributed by atoms with Gasteiger partial charge in [0.25, 0.3) is 0 Å². The van der Waals surface area contributed by atoms with Crippen LogP contribution in [-0.4, -0.2) is 27.2 Å². The molecule has 60 heavy (non-hydrogen) atoms. The summed E-state index contributed by atoms with van der Waals surface area (Å²) in [7, 11) is -2.40. The lowest BCUT2D eigenvalue weighted by atomic mass is 10.1. The van der Waals surface area contributed by atoms with E-state index in [0.717, 1.165) is 57.1 Å². The molecular weight excluding hydrogens is 753 g/mol. The summed E-state index contributed by atoms with van der Waals surface area (Å²) < 4.78 is 17.0. The van der Waals surface area contributed by atoms with Crippen molar-refractivity contribution < 1.29 is 9.47 Å². The van der Waals surface area contributed by atoms with Crippen LogP contribution < -0.4 is 25.0 Å². The van der Waals surface area contributed by atoms with Crippen LogP contribution in [0, 0.1) is 27.7 Å². The molecule has 0 aliphatic heterocycles. The summed E-state index contributed by atoms with van der Waals surface area (Å²) in [5.74, 6) is 4.91. The van der Waals surface area contributed by atoms with Crippen LogP contribution in [0.15, 0.2) is 189 Å². The lowest BCUT2D eigenvalue weighted by Crippen LogP contribution is -2.64. The van der Waals surface area contributed by atoms with Crippen LogP contribution in [0.3, 0.4) is 0 Å². The second kappa shape index (κ2) is 16.2. The molecule has 0 bridgehead atoms. The number of aromatic nitrogens is 4. The molecule has 6 nitrogen and oxygen atoms in total. The van der Waals surface area contributed by atoms with Crippen molar-refractivity contribution in [2.45, 2.75) is 34.2 Å². The monoisotopic (exact) mass is 798 g/mol. The molecule has 0 aliphatic carbocycles. The number of nitrogens with zero attached hydrogens (tertiary/aromatic N) is 4. The SMILES string of the molecule is Cc1ccc(-n2ccnc2-c2ccc(Oc3ccc([Si-](C)(c4ccccc4)c4ccc(Oc5ccc(-c6nccn6-c6ccc(C)cc6C)cc5)cc4)cc3)cc2)c(C)c1. The minimum Gasteiger partial charge on any atom is -0.457 e. The maximum atomic E-state index is 6.38. The molecule has 7 heteroatoms. The van der Waals surface area contributed by atoms with Gasteiger partial charge in [-0.2, -0.15) is 22.1 Å². The van der Waals surface area contributed by atoms with E-state index in [-0.39, 0.29) is 0 Å². The molecule has 0 unspecified atom stereocenters. The average Bonchev–Trinajstić information content (AvgIpc) is 3.96. The molecule has 7 aromatic carbocycles. The number of imidazole rings is 2. The van der Waals surface area contributed by atoms with Crippen LogP contribution in [0.1, 0.15) is 22.3 Å². The molecule has 2 heterocycles. The van der Waals surface area contributed by atoms with Gasteiger partial charge in [-0.25, -0.2) is 9.97 Å². The average molecular weight is 799 g/mol. The van der Waals surface area contributed by atoms with Gasteiger partial charge in [-0.05, 0) is 124 Å². The number of hydrogen-bond acceptors (Lipinski definition) is 4. The van der Waals surface area contributed by atoms with Crippen LogP contribution in [0.25, 0.3) is 34.2 Å². The summed E-state index contributed by atoms with van der Waals surface area (Å²) in [6.45, 7) is 10.9. The van der Waals surface area contributed by atoms with E-state index < -0.39 is 8.07 Å². The zero-order valence-corrected chi connectivity index (χ0v) is 35.5. The molecule has 9 rings (SSSR count). The van der Waals surface area contributed by atoms with Crippen LogP contribution in [0.2, 0.25) is 6.55 Å². The topological polar surface area (TPSA) is 54.1 Å². The Morgan fingerprint density at radius 2 is 0.783 bits per heavy atom. The van der Waals surface area contributed by atoms with Crippen LogP contribution in [0.4, 0.5) is 0 Å². The van der Waals surface area contributed by atoms with Crippen molar-refractivity contribution in [1.29, 1.82) is 0 Å². The lowest BCUT2D eigenvalue weighted by Gasteiger charge is -2.42. The number of rotatable bonds is 11. The minimum atomic E-state index is -2.40. The van der Waals surface area contributed by atoms with E-state index in [1.165, 1.54) is 37.8 Å². The van der Waals surface area contributed by atoms with E-state index in [4.69, 9.17) is 9.47 Å². The predicted octanol–water partition coefficient (Wildman–Crippen LogP) is 11.3. The number of hydrogen-bond donors (Lipinski definition) is 0. The zero-order chi connectivity index (χ0) is 41.2. The quantitative estimate of drug-likeness (QED) is 0.0966. The van der Waals surface area contributed by atoms with Gasteiger partial charge in [0.05, 0.1) is 0 Å².